The Hall–Kier alpha value is -1.56. The molecule has 5 nitrogen and oxygen atoms in total. The summed E-state index contributed by atoms with van der Waals surface area (Å²) in [6, 6.07) is 3.22. The van der Waals surface area contributed by atoms with Crippen molar-refractivity contribution >= 4 is 17.7 Å². The first-order valence-corrected chi connectivity index (χ1v) is 7.52. The van der Waals surface area contributed by atoms with E-state index in [9.17, 15) is 9.18 Å². The smallest absolute Gasteiger partial charge is 0.410 e. The lowest BCUT2D eigenvalue weighted by Crippen LogP contribution is -2.50. The maximum Gasteiger partial charge on any atom is 0.410 e. The number of nitrogens with zero attached hydrogens (tertiary/aromatic N) is 2. The molecule has 22 heavy (non-hydrogen) atoms. The van der Waals surface area contributed by atoms with Gasteiger partial charge in [-0.15, -0.1) is 0 Å². The highest BCUT2D eigenvalue weighted by molar-refractivity contribution is 6.29. The van der Waals surface area contributed by atoms with E-state index in [-0.39, 0.29) is 6.54 Å². The van der Waals surface area contributed by atoms with E-state index in [1.165, 1.54) is 11.1 Å². The van der Waals surface area contributed by atoms with Gasteiger partial charge in [-0.1, -0.05) is 11.6 Å². The standard InChI is InChI=1S/C15H20ClFN2O3/c1-15(2,3)22-14(20)19-7-6-12(11(17)9-19)21-10-4-5-13(16)18-8-10/h4-5,8,11-12H,6-7,9H2,1-3H3/t11-,12+/m1/s1. The molecular weight excluding hydrogens is 311 g/mol. The molecular formula is C15H20ClFN2O3. The predicted molar refractivity (Wildman–Crippen MR) is 81.0 cm³/mol. The molecule has 1 aliphatic rings. The van der Waals surface area contributed by atoms with E-state index in [2.05, 4.69) is 4.98 Å². The van der Waals surface area contributed by atoms with Crippen LogP contribution in [0.3, 0.4) is 0 Å². The number of amides is 1. The third-order valence-electron chi connectivity index (χ3n) is 3.12. The molecule has 0 spiro atoms. The molecule has 2 heterocycles. The molecule has 1 saturated heterocycles. The number of hydrogen-bond acceptors (Lipinski definition) is 4. The Labute approximate surface area is 134 Å². The molecule has 2 atom stereocenters. The monoisotopic (exact) mass is 330 g/mol. The van der Waals surface area contributed by atoms with Crippen molar-refractivity contribution in [1.82, 2.24) is 9.88 Å². The molecule has 0 aliphatic carbocycles. The lowest BCUT2D eigenvalue weighted by atomic mass is 10.1. The van der Waals surface area contributed by atoms with Gasteiger partial charge < -0.3 is 14.4 Å². The number of pyridine rings is 1. The van der Waals surface area contributed by atoms with E-state index in [0.29, 0.717) is 23.9 Å². The number of carbonyl (C=O) groups is 1. The first-order chi connectivity index (χ1) is 10.2. The fourth-order valence-electron chi connectivity index (χ4n) is 2.12. The second kappa shape index (κ2) is 6.69. The average molecular weight is 331 g/mol. The molecule has 1 aromatic rings. The fraction of sp³-hybridized carbons (Fsp3) is 0.600. The molecule has 1 amide bonds. The molecule has 0 N–H and O–H groups in total. The Kier molecular flexibility index (Phi) is 5.11. The van der Waals surface area contributed by atoms with Crippen LogP contribution >= 0.6 is 11.6 Å². The van der Waals surface area contributed by atoms with Crippen LogP contribution < -0.4 is 4.74 Å². The third kappa shape index (κ3) is 4.73. The van der Waals surface area contributed by atoms with Gasteiger partial charge in [0.25, 0.3) is 0 Å². The van der Waals surface area contributed by atoms with Crippen LogP contribution in [-0.4, -0.2) is 46.9 Å². The zero-order chi connectivity index (χ0) is 16.3. The maximum absolute atomic E-state index is 14.2. The van der Waals surface area contributed by atoms with Crippen LogP contribution in [0, 0.1) is 0 Å². The minimum atomic E-state index is -1.28. The van der Waals surface area contributed by atoms with E-state index in [1.807, 2.05) is 0 Å². The Bertz CT molecular complexity index is 519. The van der Waals surface area contributed by atoms with Gasteiger partial charge in [-0.05, 0) is 32.9 Å². The summed E-state index contributed by atoms with van der Waals surface area (Å²) in [5.74, 6) is 0.461. The highest BCUT2D eigenvalue weighted by Gasteiger charge is 2.34. The van der Waals surface area contributed by atoms with Gasteiger partial charge in [0.1, 0.15) is 22.6 Å². The predicted octanol–water partition coefficient (Wildman–Crippen LogP) is 3.46. The molecule has 0 aromatic carbocycles. The minimum absolute atomic E-state index is 0.0411. The van der Waals surface area contributed by atoms with Crippen LogP contribution in [0.25, 0.3) is 0 Å². The van der Waals surface area contributed by atoms with E-state index in [0.717, 1.165) is 0 Å². The quantitative estimate of drug-likeness (QED) is 0.779. The van der Waals surface area contributed by atoms with Gasteiger partial charge in [-0.3, -0.25) is 0 Å². The molecule has 1 aromatic heterocycles. The molecule has 0 bridgehead atoms. The summed E-state index contributed by atoms with van der Waals surface area (Å²) >= 11 is 5.69. The fourth-order valence-corrected chi connectivity index (χ4v) is 2.23. The topological polar surface area (TPSA) is 51.7 Å². The molecule has 0 saturated carbocycles. The Morgan fingerprint density at radius 1 is 1.45 bits per heavy atom. The first kappa shape index (κ1) is 16.8. The van der Waals surface area contributed by atoms with Crippen molar-refractivity contribution in [3.8, 4) is 5.75 Å². The Balaban J connectivity index is 1.90. The zero-order valence-electron chi connectivity index (χ0n) is 12.9. The molecule has 0 radical (unpaired) electrons. The third-order valence-corrected chi connectivity index (χ3v) is 3.34. The number of halogens is 2. The summed E-state index contributed by atoms with van der Waals surface area (Å²) < 4.78 is 25.1. The van der Waals surface area contributed by atoms with Crippen molar-refractivity contribution in [2.24, 2.45) is 0 Å². The van der Waals surface area contributed by atoms with Crippen molar-refractivity contribution in [1.29, 1.82) is 0 Å². The van der Waals surface area contributed by atoms with Crippen LogP contribution in [0.1, 0.15) is 27.2 Å². The summed E-state index contributed by atoms with van der Waals surface area (Å²) in [5.41, 5.74) is -0.592. The van der Waals surface area contributed by atoms with Crippen LogP contribution in [0.2, 0.25) is 5.15 Å². The van der Waals surface area contributed by atoms with Crippen LogP contribution in [0.5, 0.6) is 5.75 Å². The van der Waals surface area contributed by atoms with Crippen LogP contribution in [0.4, 0.5) is 9.18 Å². The molecule has 2 rings (SSSR count). The van der Waals surface area contributed by atoms with Gasteiger partial charge in [0, 0.05) is 13.0 Å². The lowest BCUT2D eigenvalue weighted by Gasteiger charge is -2.35. The van der Waals surface area contributed by atoms with Crippen molar-refractivity contribution in [2.75, 3.05) is 13.1 Å². The van der Waals surface area contributed by atoms with Crippen LogP contribution in [0.15, 0.2) is 18.3 Å². The number of rotatable bonds is 2. The van der Waals surface area contributed by atoms with Gasteiger partial charge in [-0.2, -0.15) is 0 Å². The second-order valence-electron chi connectivity index (χ2n) is 6.20. The number of aromatic nitrogens is 1. The number of piperidine rings is 1. The SMILES string of the molecule is CC(C)(C)OC(=O)N1CC[C@H](Oc2ccc(Cl)nc2)[C@H](F)C1. The summed E-state index contributed by atoms with van der Waals surface area (Å²) in [6.07, 6.45) is -0.543. The molecule has 1 fully saturated rings. The lowest BCUT2D eigenvalue weighted by molar-refractivity contribution is -0.0106. The number of ether oxygens (including phenoxy) is 2. The van der Waals surface area contributed by atoms with E-state index in [4.69, 9.17) is 21.1 Å². The minimum Gasteiger partial charge on any atom is -0.486 e. The maximum atomic E-state index is 14.2. The van der Waals surface area contributed by atoms with Gasteiger partial charge in [-0.25, -0.2) is 14.2 Å². The highest BCUT2D eigenvalue weighted by atomic mass is 35.5. The second-order valence-corrected chi connectivity index (χ2v) is 6.59. The molecule has 122 valence electrons. The van der Waals surface area contributed by atoms with Gasteiger partial charge in [0.15, 0.2) is 6.17 Å². The number of likely N-dealkylation sites (tertiary alicyclic amines) is 1. The zero-order valence-corrected chi connectivity index (χ0v) is 13.6. The van der Waals surface area contributed by atoms with Crippen molar-refractivity contribution in [3.63, 3.8) is 0 Å². The van der Waals surface area contributed by atoms with E-state index >= 15 is 0 Å². The summed E-state index contributed by atoms with van der Waals surface area (Å²) in [5, 5.41) is 0.351. The largest absolute Gasteiger partial charge is 0.486 e. The normalized spacial score (nSPS) is 22.3. The number of alkyl halides is 1. The van der Waals surface area contributed by atoms with E-state index < -0.39 is 24.0 Å². The Morgan fingerprint density at radius 2 is 2.18 bits per heavy atom. The summed E-state index contributed by atoms with van der Waals surface area (Å²) in [6.45, 7) is 5.69. The number of carbonyl (C=O) groups excluding carboxylic acids is 1. The average Bonchev–Trinajstić information content (AvgIpc) is 2.41. The highest BCUT2D eigenvalue weighted by Crippen LogP contribution is 2.23. The van der Waals surface area contributed by atoms with Gasteiger partial charge in [0.05, 0.1) is 12.7 Å². The van der Waals surface area contributed by atoms with Crippen molar-refractivity contribution in [3.05, 3.63) is 23.5 Å². The molecule has 1 aliphatic heterocycles. The summed E-state index contributed by atoms with van der Waals surface area (Å²) in [4.78, 5) is 17.2. The van der Waals surface area contributed by atoms with Crippen molar-refractivity contribution in [2.45, 2.75) is 45.1 Å². The van der Waals surface area contributed by atoms with Crippen molar-refractivity contribution < 1.29 is 18.7 Å². The summed E-state index contributed by atoms with van der Waals surface area (Å²) in [7, 11) is 0. The van der Waals surface area contributed by atoms with Crippen LogP contribution in [-0.2, 0) is 4.74 Å². The first-order valence-electron chi connectivity index (χ1n) is 7.15. The van der Waals surface area contributed by atoms with Gasteiger partial charge in [0.2, 0.25) is 0 Å². The van der Waals surface area contributed by atoms with E-state index in [1.54, 1.807) is 32.9 Å². The molecule has 7 heteroatoms. The number of hydrogen-bond donors (Lipinski definition) is 0. The molecule has 0 unspecified atom stereocenters. The Morgan fingerprint density at radius 3 is 2.73 bits per heavy atom. The van der Waals surface area contributed by atoms with Gasteiger partial charge >= 0.3 is 6.09 Å².